The Hall–Kier alpha value is -3.14. The van der Waals surface area contributed by atoms with Gasteiger partial charge in [0.05, 0.1) is 16.9 Å². The lowest BCUT2D eigenvalue weighted by Crippen LogP contribution is -2.31. The molecule has 1 amide bonds. The largest absolute Gasteiger partial charge is 0.372 e. The van der Waals surface area contributed by atoms with E-state index in [0.717, 1.165) is 29.3 Å². The number of rotatable bonds is 9. The molecule has 1 heterocycles. The van der Waals surface area contributed by atoms with Crippen molar-refractivity contribution in [1.29, 1.82) is 0 Å². The molecule has 1 N–H and O–H groups in total. The van der Waals surface area contributed by atoms with Crippen LogP contribution in [0, 0.1) is 10.1 Å². The van der Waals surface area contributed by atoms with Crippen molar-refractivity contribution < 1.29 is 18.1 Å². The van der Waals surface area contributed by atoms with E-state index in [1.54, 1.807) is 0 Å². The van der Waals surface area contributed by atoms with Gasteiger partial charge in [-0.05, 0) is 49.6 Å². The monoisotopic (exact) mass is 446 g/mol. The summed E-state index contributed by atoms with van der Waals surface area (Å²) < 4.78 is 25.4. The second-order valence-corrected chi connectivity index (χ2v) is 9.41. The van der Waals surface area contributed by atoms with Crippen LogP contribution < -0.4 is 14.5 Å². The van der Waals surface area contributed by atoms with Gasteiger partial charge in [0.15, 0.2) is 0 Å². The predicted octanol–water partition coefficient (Wildman–Crippen LogP) is 3.38. The fraction of sp³-hybridized carbons (Fsp3) is 0.381. The maximum atomic E-state index is 12.3. The molecule has 1 saturated heterocycles. The molecule has 10 heteroatoms. The summed E-state index contributed by atoms with van der Waals surface area (Å²) in [4.78, 5) is 25.0. The summed E-state index contributed by atoms with van der Waals surface area (Å²) in [7, 11) is -3.66. The molecule has 31 heavy (non-hydrogen) atoms. The van der Waals surface area contributed by atoms with Crippen LogP contribution in [0.5, 0.6) is 0 Å². The summed E-state index contributed by atoms with van der Waals surface area (Å²) in [6.45, 7) is 2.14. The minimum atomic E-state index is -3.66. The summed E-state index contributed by atoms with van der Waals surface area (Å²) in [6, 6.07) is 13.1. The molecule has 0 unspecified atom stereocenters. The van der Waals surface area contributed by atoms with Gasteiger partial charge < -0.3 is 10.2 Å². The molecule has 166 valence electrons. The maximum absolute atomic E-state index is 12.3. The van der Waals surface area contributed by atoms with Gasteiger partial charge in [-0.3, -0.25) is 19.2 Å². The Morgan fingerprint density at radius 2 is 1.84 bits per heavy atom. The maximum Gasteiger partial charge on any atom is 0.271 e. The topological polar surface area (TPSA) is 113 Å². The molecule has 3 rings (SSSR count). The highest BCUT2D eigenvalue weighted by atomic mass is 32.2. The first-order chi connectivity index (χ1) is 14.7. The minimum Gasteiger partial charge on any atom is -0.372 e. The number of hydrogen-bond donors (Lipinski definition) is 1. The number of sulfonamides is 1. The van der Waals surface area contributed by atoms with E-state index in [-0.39, 0.29) is 36.7 Å². The van der Waals surface area contributed by atoms with Gasteiger partial charge in [0.25, 0.3) is 5.69 Å². The lowest BCUT2D eigenvalue weighted by Gasteiger charge is -2.22. The number of nitro benzene ring substituents is 1. The number of amides is 1. The zero-order chi connectivity index (χ0) is 22.4. The van der Waals surface area contributed by atoms with E-state index in [1.165, 1.54) is 37.1 Å². The van der Waals surface area contributed by atoms with Gasteiger partial charge in [0.2, 0.25) is 15.9 Å². The summed E-state index contributed by atoms with van der Waals surface area (Å²) >= 11 is 0. The van der Waals surface area contributed by atoms with Crippen molar-refractivity contribution in [2.45, 2.75) is 25.7 Å². The van der Waals surface area contributed by atoms with Gasteiger partial charge in [-0.2, -0.15) is 0 Å². The fourth-order valence-electron chi connectivity index (χ4n) is 3.59. The number of anilines is 3. The van der Waals surface area contributed by atoms with Crippen LogP contribution in [0.4, 0.5) is 22.7 Å². The average Bonchev–Trinajstić information content (AvgIpc) is 3.26. The Labute approximate surface area is 181 Å². The normalized spacial score (nSPS) is 13.8. The van der Waals surface area contributed by atoms with Crippen molar-refractivity contribution in [3.63, 3.8) is 0 Å². The van der Waals surface area contributed by atoms with E-state index in [2.05, 4.69) is 10.2 Å². The van der Waals surface area contributed by atoms with Gasteiger partial charge in [-0.25, -0.2) is 8.42 Å². The summed E-state index contributed by atoms with van der Waals surface area (Å²) in [5.41, 5.74) is 1.83. The number of non-ortho nitro benzene ring substituents is 1. The van der Waals surface area contributed by atoms with Crippen LogP contribution in [0.25, 0.3) is 0 Å². The molecule has 0 spiro atoms. The van der Waals surface area contributed by atoms with Crippen LogP contribution in [0.2, 0.25) is 0 Å². The zero-order valence-electron chi connectivity index (χ0n) is 17.4. The van der Waals surface area contributed by atoms with Crippen molar-refractivity contribution in [3.05, 3.63) is 58.6 Å². The quantitative estimate of drug-likeness (QED) is 0.467. The van der Waals surface area contributed by atoms with Crippen molar-refractivity contribution in [2.75, 3.05) is 40.4 Å². The summed E-state index contributed by atoms with van der Waals surface area (Å²) in [6.07, 6.45) is 3.81. The molecule has 0 bridgehead atoms. The highest BCUT2D eigenvalue weighted by Gasteiger charge is 2.20. The highest BCUT2D eigenvalue weighted by molar-refractivity contribution is 7.92. The Morgan fingerprint density at radius 1 is 1.16 bits per heavy atom. The van der Waals surface area contributed by atoms with Gasteiger partial charge in [0, 0.05) is 49.6 Å². The van der Waals surface area contributed by atoms with E-state index in [9.17, 15) is 23.3 Å². The second kappa shape index (κ2) is 9.78. The van der Waals surface area contributed by atoms with E-state index in [0.29, 0.717) is 5.69 Å². The molecule has 0 radical (unpaired) electrons. The number of carbonyl (C=O) groups is 1. The molecular weight excluding hydrogens is 420 g/mol. The van der Waals surface area contributed by atoms with Gasteiger partial charge >= 0.3 is 0 Å². The fourth-order valence-corrected chi connectivity index (χ4v) is 4.54. The van der Waals surface area contributed by atoms with Crippen LogP contribution in [-0.4, -0.2) is 45.1 Å². The third kappa shape index (κ3) is 6.17. The average molecular weight is 447 g/mol. The van der Waals surface area contributed by atoms with E-state index in [1.807, 2.05) is 24.3 Å². The second-order valence-electron chi connectivity index (χ2n) is 7.50. The van der Waals surface area contributed by atoms with E-state index < -0.39 is 14.9 Å². The Morgan fingerprint density at radius 3 is 2.45 bits per heavy atom. The molecule has 1 aliphatic heterocycles. The van der Waals surface area contributed by atoms with Crippen molar-refractivity contribution in [3.8, 4) is 0 Å². The molecule has 0 aliphatic carbocycles. The minimum absolute atomic E-state index is 0.0430. The van der Waals surface area contributed by atoms with Crippen molar-refractivity contribution in [2.24, 2.45) is 0 Å². The summed E-state index contributed by atoms with van der Waals surface area (Å²) in [5.74, 6) is -0.221. The number of carbonyl (C=O) groups excluding carboxylic acids is 1. The number of hydrogen-bond acceptors (Lipinski definition) is 6. The molecule has 1 aliphatic rings. The van der Waals surface area contributed by atoms with Crippen LogP contribution >= 0.6 is 0 Å². The first-order valence-electron chi connectivity index (χ1n) is 10.1. The van der Waals surface area contributed by atoms with Gasteiger partial charge in [0.1, 0.15) is 0 Å². The van der Waals surface area contributed by atoms with E-state index in [4.69, 9.17) is 0 Å². The molecular formula is C21H26N4O5S. The van der Waals surface area contributed by atoms with Crippen LogP contribution in [0.3, 0.4) is 0 Å². The predicted molar refractivity (Wildman–Crippen MR) is 121 cm³/mol. The first kappa shape index (κ1) is 22.5. The summed E-state index contributed by atoms with van der Waals surface area (Å²) in [5, 5.41) is 13.8. The molecule has 2 aromatic carbocycles. The number of nitrogens with one attached hydrogen (secondary N) is 1. The molecule has 2 aromatic rings. The van der Waals surface area contributed by atoms with Crippen LogP contribution in [0.15, 0.2) is 48.5 Å². The number of nitrogens with zero attached hydrogens (tertiary/aromatic N) is 3. The SMILES string of the molecule is CS(=O)(=O)N(CCCC(=O)Nc1ccc(N2CCCC2)cc1)c1cccc([N+](=O)[O-])c1. The third-order valence-electron chi connectivity index (χ3n) is 5.12. The van der Waals surface area contributed by atoms with Crippen LogP contribution in [-0.2, 0) is 14.8 Å². The smallest absolute Gasteiger partial charge is 0.271 e. The van der Waals surface area contributed by atoms with Crippen molar-refractivity contribution in [1.82, 2.24) is 0 Å². The number of benzene rings is 2. The Bertz CT molecular complexity index is 1030. The van der Waals surface area contributed by atoms with Crippen molar-refractivity contribution >= 4 is 38.7 Å². The molecule has 0 aromatic heterocycles. The molecule has 0 atom stereocenters. The van der Waals surface area contributed by atoms with E-state index >= 15 is 0 Å². The van der Waals surface area contributed by atoms with Crippen LogP contribution in [0.1, 0.15) is 25.7 Å². The standard InChI is InChI=1S/C21H26N4O5S/c1-31(29,30)24(19-6-4-7-20(16-19)25(27)28)15-5-8-21(26)22-17-9-11-18(12-10-17)23-13-2-3-14-23/h4,6-7,9-12,16H,2-3,5,8,13-15H2,1H3,(H,22,26). The lowest BCUT2D eigenvalue weighted by molar-refractivity contribution is -0.384. The number of nitro groups is 1. The first-order valence-corrected chi connectivity index (χ1v) is 12.0. The highest BCUT2D eigenvalue weighted by Crippen LogP contribution is 2.24. The Kier molecular flexibility index (Phi) is 7.11. The molecule has 0 saturated carbocycles. The zero-order valence-corrected chi connectivity index (χ0v) is 18.2. The third-order valence-corrected chi connectivity index (χ3v) is 6.31. The molecule has 9 nitrogen and oxygen atoms in total. The van der Waals surface area contributed by atoms with Gasteiger partial charge in [-0.1, -0.05) is 6.07 Å². The molecule has 1 fully saturated rings. The van der Waals surface area contributed by atoms with Gasteiger partial charge in [-0.15, -0.1) is 0 Å². The lowest BCUT2D eigenvalue weighted by atomic mass is 10.2. The Balaban J connectivity index is 1.56.